The highest BCUT2D eigenvalue weighted by molar-refractivity contribution is 5.98. The van der Waals surface area contributed by atoms with Crippen LogP contribution in [0.15, 0.2) is 30.7 Å². The fourth-order valence-corrected chi connectivity index (χ4v) is 2.03. The SMILES string of the molecule is COc1cnn(CCN(C)C)c1C(=O)Cc1ccncc1. The van der Waals surface area contributed by atoms with Crippen molar-refractivity contribution < 1.29 is 9.53 Å². The van der Waals surface area contributed by atoms with Crippen molar-refractivity contribution in [3.05, 3.63) is 42.0 Å². The van der Waals surface area contributed by atoms with Crippen LogP contribution >= 0.6 is 0 Å². The Kier molecular flexibility index (Phi) is 5.05. The van der Waals surface area contributed by atoms with Gasteiger partial charge in [0.15, 0.2) is 11.5 Å². The van der Waals surface area contributed by atoms with Gasteiger partial charge >= 0.3 is 0 Å². The summed E-state index contributed by atoms with van der Waals surface area (Å²) in [4.78, 5) is 18.5. The quantitative estimate of drug-likeness (QED) is 0.718. The van der Waals surface area contributed by atoms with Crippen molar-refractivity contribution in [3.8, 4) is 5.75 Å². The van der Waals surface area contributed by atoms with Gasteiger partial charge in [0, 0.05) is 25.4 Å². The minimum Gasteiger partial charge on any atom is -0.493 e. The van der Waals surface area contributed by atoms with E-state index >= 15 is 0 Å². The lowest BCUT2D eigenvalue weighted by Gasteiger charge is -2.12. The monoisotopic (exact) mass is 288 g/mol. The maximum absolute atomic E-state index is 12.5. The molecule has 0 saturated heterocycles. The summed E-state index contributed by atoms with van der Waals surface area (Å²) in [6, 6.07) is 3.68. The van der Waals surface area contributed by atoms with E-state index in [1.807, 2.05) is 31.1 Å². The Balaban J connectivity index is 2.20. The standard InChI is InChI=1S/C15H20N4O2/c1-18(2)8-9-19-15(14(21-3)11-17-19)13(20)10-12-4-6-16-7-5-12/h4-7,11H,8-10H2,1-3H3. The second-order valence-electron chi connectivity index (χ2n) is 5.04. The van der Waals surface area contributed by atoms with Crippen LogP contribution in [-0.4, -0.2) is 53.2 Å². The molecular formula is C15H20N4O2. The molecule has 6 heteroatoms. The highest BCUT2D eigenvalue weighted by Crippen LogP contribution is 2.19. The molecule has 2 aromatic heterocycles. The molecule has 0 spiro atoms. The van der Waals surface area contributed by atoms with Gasteiger partial charge in [0.25, 0.3) is 0 Å². The first kappa shape index (κ1) is 15.2. The Morgan fingerprint density at radius 1 is 1.33 bits per heavy atom. The van der Waals surface area contributed by atoms with E-state index in [0.29, 0.717) is 24.4 Å². The van der Waals surface area contributed by atoms with Crippen molar-refractivity contribution in [3.63, 3.8) is 0 Å². The summed E-state index contributed by atoms with van der Waals surface area (Å²) >= 11 is 0. The topological polar surface area (TPSA) is 60.2 Å². The van der Waals surface area contributed by atoms with Gasteiger partial charge in [-0.15, -0.1) is 0 Å². The Bertz CT molecular complexity index is 593. The van der Waals surface area contributed by atoms with Gasteiger partial charge in [-0.1, -0.05) is 0 Å². The first-order chi connectivity index (χ1) is 10.1. The number of Topliss-reactive ketones (excluding diaryl/α,β-unsaturated/α-hetero) is 1. The molecule has 0 fully saturated rings. The zero-order valence-electron chi connectivity index (χ0n) is 12.6. The molecule has 0 atom stereocenters. The van der Waals surface area contributed by atoms with Crippen molar-refractivity contribution in [1.82, 2.24) is 19.7 Å². The summed E-state index contributed by atoms with van der Waals surface area (Å²) in [5.74, 6) is 0.516. The van der Waals surface area contributed by atoms with Gasteiger partial charge in [-0.3, -0.25) is 14.5 Å². The zero-order valence-corrected chi connectivity index (χ0v) is 12.6. The van der Waals surface area contributed by atoms with E-state index in [-0.39, 0.29) is 5.78 Å². The van der Waals surface area contributed by atoms with Crippen molar-refractivity contribution in [2.45, 2.75) is 13.0 Å². The van der Waals surface area contributed by atoms with Crippen LogP contribution in [-0.2, 0) is 13.0 Å². The first-order valence-electron chi connectivity index (χ1n) is 6.78. The van der Waals surface area contributed by atoms with E-state index in [0.717, 1.165) is 12.1 Å². The van der Waals surface area contributed by atoms with Crippen molar-refractivity contribution >= 4 is 5.78 Å². The van der Waals surface area contributed by atoms with E-state index < -0.39 is 0 Å². The van der Waals surface area contributed by atoms with Crippen LogP contribution in [0.25, 0.3) is 0 Å². The van der Waals surface area contributed by atoms with E-state index in [2.05, 4.69) is 10.1 Å². The molecule has 0 amide bonds. The maximum Gasteiger partial charge on any atom is 0.189 e. The molecule has 6 nitrogen and oxygen atoms in total. The Morgan fingerprint density at radius 2 is 2.05 bits per heavy atom. The molecule has 0 N–H and O–H groups in total. The molecule has 0 bridgehead atoms. The zero-order chi connectivity index (χ0) is 15.2. The summed E-state index contributed by atoms with van der Waals surface area (Å²) in [7, 11) is 5.52. The van der Waals surface area contributed by atoms with Crippen LogP contribution in [0.1, 0.15) is 16.1 Å². The maximum atomic E-state index is 12.5. The fraction of sp³-hybridized carbons (Fsp3) is 0.400. The third kappa shape index (κ3) is 3.88. The molecule has 2 rings (SSSR count). The van der Waals surface area contributed by atoms with E-state index in [1.165, 1.54) is 0 Å². The number of nitrogens with zero attached hydrogens (tertiary/aromatic N) is 4. The molecule has 0 radical (unpaired) electrons. The number of likely N-dealkylation sites (N-methyl/N-ethyl adjacent to an activating group) is 1. The van der Waals surface area contributed by atoms with Crippen LogP contribution in [0.3, 0.4) is 0 Å². The van der Waals surface area contributed by atoms with Gasteiger partial charge in [-0.05, 0) is 31.8 Å². The molecule has 2 heterocycles. The molecule has 0 aromatic carbocycles. The average molecular weight is 288 g/mol. The van der Waals surface area contributed by atoms with Crippen LogP contribution in [0, 0.1) is 0 Å². The molecule has 0 saturated carbocycles. The summed E-state index contributed by atoms with van der Waals surface area (Å²) in [6.07, 6.45) is 5.27. The Labute approximate surface area is 124 Å². The first-order valence-corrected chi connectivity index (χ1v) is 6.78. The molecule has 0 aliphatic heterocycles. The number of hydrogen-bond acceptors (Lipinski definition) is 5. The number of hydrogen-bond donors (Lipinski definition) is 0. The molecule has 0 aliphatic carbocycles. The summed E-state index contributed by atoms with van der Waals surface area (Å²) in [6.45, 7) is 1.45. The lowest BCUT2D eigenvalue weighted by Crippen LogP contribution is -2.22. The van der Waals surface area contributed by atoms with Crippen LogP contribution in [0.4, 0.5) is 0 Å². The number of methoxy groups -OCH3 is 1. The number of rotatable bonds is 7. The largest absolute Gasteiger partial charge is 0.493 e. The van der Waals surface area contributed by atoms with Crippen LogP contribution < -0.4 is 4.74 Å². The normalized spacial score (nSPS) is 10.9. The third-order valence-corrected chi connectivity index (χ3v) is 3.16. The second kappa shape index (κ2) is 6.99. The van der Waals surface area contributed by atoms with Gasteiger partial charge in [0.05, 0.1) is 19.9 Å². The Morgan fingerprint density at radius 3 is 2.67 bits per heavy atom. The van der Waals surface area contributed by atoms with E-state index in [4.69, 9.17) is 4.74 Å². The minimum absolute atomic E-state index is 0.00527. The number of pyridine rings is 1. The summed E-state index contributed by atoms with van der Waals surface area (Å²) < 4.78 is 6.97. The van der Waals surface area contributed by atoms with Crippen molar-refractivity contribution in [1.29, 1.82) is 0 Å². The van der Waals surface area contributed by atoms with Gasteiger partial charge in [-0.2, -0.15) is 5.10 Å². The number of aromatic nitrogens is 3. The fourth-order valence-electron chi connectivity index (χ4n) is 2.03. The second-order valence-corrected chi connectivity index (χ2v) is 5.04. The molecule has 21 heavy (non-hydrogen) atoms. The molecule has 112 valence electrons. The van der Waals surface area contributed by atoms with Gasteiger partial charge in [-0.25, -0.2) is 0 Å². The van der Waals surface area contributed by atoms with Gasteiger partial charge in [0.1, 0.15) is 5.69 Å². The molecule has 2 aromatic rings. The van der Waals surface area contributed by atoms with Crippen molar-refractivity contribution in [2.24, 2.45) is 0 Å². The van der Waals surface area contributed by atoms with E-state index in [9.17, 15) is 4.79 Å². The number of carbonyl (C=O) groups is 1. The van der Waals surface area contributed by atoms with Gasteiger partial charge in [0.2, 0.25) is 0 Å². The number of ketones is 1. The van der Waals surface area contributed by atoms with Gasteiger partial charge < -0.3 is 9.64 Å². The molecule has 0 aliphatic rings. The van der Waals surface area contributed by atoms with Crippen LogP contribution in [0.5, 0.6) is 5.75 Å². The predicted molar refractivity (Wildman–Crippen MR) is 79.6 cm³/mol. The highest BCUT2D eigenvalue weighted by Gasteiger charge is 2.19. The van der Waals surface area contributed by atoms with E-state index in [1.54, 1.807) is 30.4 Å². The minimum atomic E-state index is -0.00527. The average Bonchev–Trinajstić information content (AvgIpc) is 2.89. The molecular weight excluding hydrogens is 268 g/mol. The lowest BCUT2D eigenvalue weighted by molar-refractivity contribution is 0.0978. The van der Waals surface area contributed by atoms with Crippen molar-refractivity contribution in [2.75, 3.05) is 27.7 Å². The molecule has 0 unspecified atom stereocenters. The summed E-state index contributed by atoms with van der Waals surface area (Å²) in [5.41, 5.74) is 1.45. The smallest absolute Gasteiger partial charge is 0.189 e. The third-order valence-electron chi connectivity index (χ3n) is 3.16. The highest BCUT2D eigenvalue weighted by atomic mass is 16.5. The van der Waals surface area contributed by atoms with Crippen LogP contribution in [0.2, 0.25) is 0 Å². The number of carbonyl (C=O) groups excluding carboxylic acids is 1. The lowest BCUT2D eigenvalue weighted by atomic mass is 10.1. The summed E-state index contributed by atoms with van der Waals surface area (Å²) in [5, 5.41) is 4.25. The predicted octanol–water partition coefficient (Wildman–Crippen LogP) is 1.27. The number of ether oxygens (including phenoxy) is 1. The Hall–Kier alpha value is -2.21.